The largest absolute Gasteiger partial charge is 0.351 e. The van der Waals surface area contributed by atoms with Gasteiger partial charge in [0.05, 0.1) is 17.0 Å². The summed E-state index contributed by atoms with van der Waals surface area (Å²) in [7, 11) is 0. The van der Waals surface area contributed by atoms with Crippen molar-refractivity contribution in [2.24, 2.45) is 0 Å². The van der Waals surface area contributed by atoms with E-state index in [4.69, 9.17) is 4.98 Å². The van der Waals surface area contributed by atoms with Gasteiger partial charge >= 0.3 is 0 Å². The Morgan fingerprint density at radius 1 is 0.710 bits per heavy atom. The minimum atomic E-state index is -0.355. The van der Waals surface area contributed by atoms with E-state index in [9.17, 15) is 4.79 Å². The van der Waals surface area contributed by atoms with Gasteiger partial charge in [0.2, 0.25) is 5.91 Å². The molecule has 0 radical (unpaired) electrons. The first-order valence-corrected chi connectivity index (χ1v) is 10.4. The molecular weight excluding hydrogens is 380 g/mol. The molecule has 0 spiro atoms. The van der Waals surface area contributed by atoms with Crippen LogP contribution in [0.3, 0.4) is 0 Å². The van der Waals surface area contributed by atoms with Crippen molar-refractivity contribution >= 4 is 27.7 Å². The Balaban J connectivity index is 1.46. The van der Waals surface area contributed by atoms with Gasteiger partial charge in [-0.3, -0.25) is 4.79 Å². The maximum atomic E-state index is 13.3. The quantitative estimate of drug-likeness (QED) is 0.376. The number of carbonyl (C=O) groups is 1. The van der Waals surface area contributed by atoms with Gasteiger partial charge in [-0.05, 0) is 28.8 Å². The number of carbonyl (C=O) groups excluding carboxylic acids is 1. The van der Waals surface area contributed by atoms with Crippen molar-refractivity contribution in [1.82, 2.24) is 10.3 Å². The molecule has 5 aromatic rings. The lowest BCUT2D eigenvalue weighted by Crippen LogP contribution is -2.29. The van der Waals surface area contributed by atoms with Crippen molar-refractivity contribution in [1.29, 1.82) is 0 Å². The molecule has 150 valence electrons. The standard InChI is InChI=1S/C28H22N2O/c31-28(26(20-10-3-1-4-11-20)21-12-5-2-6-13-21)29-19-24-16-9-15-23-18-22-14-7-8-17-25(22)30-27(23)24/h1-18,26H,19H2,(H,29,31). The van der Waals surface area contributed by atoms with Crippen molar-refractivity contribution in [3.05, 3.63) is 126 Å². The summed E-state index contributed by atoms with van der Waals surface area (Å²) < 4.78 is 0. The number of aromatic nitrogens is 1. The Kier molecular flexibility index (Phi) is 5.16. The van der Waals surface area contributed by atoms with E-state index in [0.29, 0.717) is 6.54 Å². The molecule has 0 fully saturated rings. The fourth-order valence-electron chi connectivity index (χ4n) is 4.08. The van der Waals surface area contributed by atoms with Crippen LogP contribution >= 0.6 is 0 Å². The van der Waals surface area contributed by atoms with Crippen LogP contribution in [0.15, 0.2) is 109 Å². The molecule has 0 saturated carbocycles. The third-order valence-corrected chi connectivity index (χ3v) is 5.61. The van der Waals surface area contributed by atoms with E-state index in [1.54, 1.807) is 0 Å². The minimum Gasteiger partial charge on any atom is -0.351 e. The highest BCUT2D eigenvalue weighted by molar-refractivity contribution is 5.94. The van der Waals surface area contributed by atoms with Gasteiger partial charge in [-0.2, -0.15) is 0 Å². The summed E-state index contributed by atoms with van der Waals surface area (Å²) in [6, 6.07) is 36.2. The number of fused-ring (bicyclic) bond motifs is 2. The van der Waals surface area contributed by atoms with Crippen LogP contribution in [0.4, 0.5) is 0 Å². The molecule has 0 saturated heterocycles. The molecule has 3 heteroatoms. The first-order valence-electron chi connectivity index (χ1n) is 10.4. The maximum Gasteiger partial charge on any atom is 0.232 e. The summed E-state index contributed by atoms with van der Waals surface area (Å²) in [6.07, 6.45) is 0. The molecule has 1 heterocycles. The number of hydrogen-bond donors (Lipinski definition) is 1. The summed E-state index contributed by atoms with van der Waals surface area (Å²) in [5, 5.41) is 5.35. The van der Waals surface area contributed by atoms with Crippen molar-refractivity contribution in [2.75, 3.05) is 0 Å². The first-order chi connectivity index (χ1) is 15.3. The highest BCUT2D eigenvalue weighted by Gasteiger charge is 2.22. The summed E-state index contributed by atoms with van der Waals surface area (Å²) in [6.45, 7) is 0.428. The van der Waals surface area contributed by atoms with E-state index in [-0.39, 0.29) is 11.8 Å². The Hall–Kier alpha value is -3.98. The van der Waals surface area contributed by atoms with Crippen LogP contribution < -0.4 is 5.32 Å². The zero-order valence-electron chi connectivity index (χ0n) is 17.0. The lowest BCUT2D eigenvalue weighted by Gasteiger charge is -2.18. The fourth-order valence-corrected chi connectivity index (χ4v) is 4.08. The second kappa shape index (κ2) is 8.41. The smallest absolute Gasteiger partial charge is 0.232 e. The zero-order valence-corrected chi connectivity index (χ0v) is 17.0. The number of para-hydroxylation sites is 2. The maximum absolute atomic E-state index is 13.3. The molecule has 1 N–H and O–H groups in total. The lowest BCUT2D eigenvalue weighted by atomic mass is 9.90. The van der Waals surface area contributed by atoms with Crippen molar-refractivity contribution < 1.29 is 4.79 Å². The second-order valence-corrected chi connectivity index (χ2v) is 7.64. The number of nitrogens with zero attached hydrogens (tertiary/aromatic N) is 1. The van der Waals surface area contributed by atoms with Crippen molar-refractivity contribution in [3.8, 4) is 0 Å². The predicted molar refractivity (Wildman–Crippen MR) is 126 cm³/mol. The van der Waals surface area contributed by atoms with Crippen LogP contribution in [-0.2, 0) is 11.3 Å². The average Bonchev–Trinajstić information content (AvgIpc) is 2.83. The number of amides is 1. The monoisotopic (exact) mass is 402 g/mol. The Bertz CT molecular complexity index is 1310. The first kappa shape index (κ1) is 19.0. The zero-order chi connectivity index (χ0) is 21.0. The molecule has 5 rings (SSSR count). The summed E-state index contributed by atoms with van der Waals surface area (Å²) >= 11 is 0. The normalized spacial score (nSPS) is 11.1. The molecule has 0 unspecified atom stereocenters. The van der Waals surface area contributed by atoms with E-state index in [1.165, 1.54) is 0 Å². The van der Waals surface area contributed by atoms with E-state index in [1.807, 2.05) is 91.0 Å². The number of pyridine rings is 1. The average molecular weight is 402 g/mol. The van der Waals surface area contributed by atoms with Gasteiger partial charge in [-0.1, -0.05) is 97.1 Å². The molecule has 0 atom stereocenters. The van der Waals surface area contributed by atoms with Crippen LogP contribution in [0.2, 0.25) is 0 Å². The Labute approximate surface area is 181 Å². The van der Waals surface area contributed by atoms with Gasteiger partial charge in [-0.25, -0.2) is 4.98 Å². The van der Waals surface area contributed by atoms with Gasteiger partial charge in [0.1, 0.15) is 0 Å². The number of rotatable bonds is 5. The van der Waals surface area contributed by atoms with Gasteiger partial charge in [0, 0.05) is 17.3 Å². The molecule has 0 aliphatic heterocycles. The number of benzene rings is 4. The SMILES string of the molecule is O=C(NCc1cccc2cc3ccccc3nc12)C(c1ccccc1)c1ccccc1. The van der Waals surface area contributed by atoms with Gasteiger partial charge in [-0.15, -0.1) is 0 Å². The topological polar surface area (TPSA) is 42.0 Å². The van der Waals surface area contributed by atoms with Crippen LogP contribution in [-0.4, -0.2) is 10.9 Å². The molecule has 0 bridgehead atoms. The van der Waals surface area contributed by atoms with Gasteiger partial charge in [0.25, 0.3) is 0 Å². The highest BCUT2D eigenvalue weighted by Crippen LogP contribution is 2.26. The van der Waals surface area contributed by atoms with E-state index >= 15 is 0 Å². The predicted octanol–water partition coefficient (Wildman–Crippen LogP) is 5.84. The summed E-state index contributed by atoms with van der Waals surface area (Å²) in [4.78, 5) is 18.2. The van der Waals surface area contributed by atoms with Crippen LogP contribution in [0.25, 0.3) is 21.8 Å². The van der Waals surface area contributed by atoms with E-state index in [0.717, 1.165) is 38.5 Å². The minimum absolute atomic E-state index is 0.0183. The molecule has 3 nitrogen and oxygen atoms in total. The van der Waals surface area contributed by atoms with Crippen LogP contribution in [0.5, 0.6) is 0 Å². The second-order valence-electron chi connectivity index (χ2n) is 7.64. The van der Waals surface area contributed by atoms with E-state index < -0.39 is 0 Å². The fraction of sp³-hybridized carbons (Fsp3) is 0.0714. The molecule has 1 aromatic heterocycles. The molecule has 1 amide bonds. The van der Waals surface area contributed by atoms with Gasteiger partial charge in [0.15, 0.2) is 0 Å². The van der Waals surface area contributed by atoms with Crippen molar-refractivity contribution in [2.45, 2.75) is 12.5 Å². The van der Waals surface area contributed by atoms with Crippen molar-refractivity contribution in [3.63, 3.8) is 0 Å². The third-order valence-electron chi connectivity index (χ3n) is 5.61. The van der Waals surface area contributed by atoms with E-state index in [2.05, 4.69) is 23.5 Å². The number of nitrogens with one attached hydrogen (secondary N) is 1. The molecule has 0 aliphatic carbocycles. The molecular formula is C28H22N2O. The lowest BCUT2D eigenvalue weighted by molar-refractivity contribution is -0.121. The van der Waals surface area contributed by atoms with Gasteiger partial charge < -0.3 is 5.32 Å². The summed E-state index contributed by atoms with van der Waals surface area (Å²) in [5.74, 6) is -0.374. The number of hydrogen-bond acceptors (Lipinski definition) is 2. The summed E-state index contributed by atoms with van der Waals surface area (Å²) in [5.41, 5.74) is 4.86. The van der Waals surface area contributed by atoms with Crippen LogP contribution in [0, 0.1) is 0 Å². The molecule has 4 aromatic carbocycles. The third kappa shape index (κ3) is 3.90. The Morgan fingerprint density at radius 3 is 2.03 bits per heavy atom. The van der Waals surface area contributed by atoms with Crippen LogP contribution in [0.1, 0.15) is 22.6 Å². The Morgan fingerprint density at radius 2 is 1.32 bits per heavy atom. The highest BCUT2D eigenvalue weighted by atomic mass is 16.1. The molecule has 0 aliphatic rings. The molecule has 31 heavy (non-hydrogen) atoms.